The second-order valence-electron chi connectivity index (χ2n) is 3.24. The molecular formula is C12H20O. The van der Waals surface area contributed by atoms with Gasteiger partial charge in [-0.3, -0.25) is 0 Å². The maximum Gasteiger partial charge on any atom is 0.0428 e. The molecule has 0 atom stereocenters. The highest BCUT2D eigenvalue weighted by Crippen LogP contribution is 2.09. The minimum atomic E-state index is 0.319. The molecular weight excluding hydrogens is 160 g/mol. The topological polar surface area (TPSA) is 20.2 Å². The zero-order valence-electron chi connectivity index (χ0n) is 9.09. The molecule has 0 radical (unpaired) electrons. The standard InChI is InChI=1S/C9H12.C3H8O/c1-7-5-4-6-8(2)9(7)3;1-2-3-4/h4-6H,1-3H3;4H,2-3H2,1H3. The number of aliphatic hydroxyl groups is 1. The van der Waals surface area contributed by atoms with Crippen LogP contribution in [0.5, 0.6) is 0 Å². The summed E-state index contributed by atoms with van der Waals surface area (Å²) in [5, 5.41) is 7.88. The molecule has 1 rings (SSSR count). The first-order chi connectivity index (χ1) is 6.13. The highest BCUT2D eigenvalue weighted by Gasteiger charge is 1.91. The predicted molar refractivity (Wildman–Crippen MR) is 58.0 cm³/mol. The molecule has 0 saturated carbocycles. The Hall–Kier alpha value is -0.820. The summed E-state index contributed by atoms with van der Waals surface area (Å²) in [6.45, 7) is 8.69. The lowest BCUT2D eigenvalue weighted by atomic mass is 10.1. The van der Waals surface area contributed by atoms with Gasteiger partial charge in [-0.1, -0.05) is 25.1 Å². The third-order valence-corrected chi connectivity index (χ3v) is 2.10. The molecule has 0 aliphatic rings. The lowest BCUT2D eigenvalue weighted by Gasteiger charge is -2.00. The Morgan fingerprint density at radius 3 is 1.69 bits per heavy atom. The zero-order valence-corrected chi connectivity index (χ0v) is 9.09. The summed E-state index contributed by atoms with van der Waals surface area (Å²) in [5.41, 5.74) is 4.18. The zero-order chi connectivity index (χ0) is 10.3. The summed E-state index contributed by atoms with van der Waals surface area (Å²) < 4.78 is 0. The van der Waals surface area contributed by atoms with E-state index < -0.39 is 0 Å². The van der Waals surface area contributed by atoms with Crippen LogP contribution in [-0.4, -0.2) is 11.7 Å². The van der Waals surface area contributed by atoms with E-state index in [0.29, 0.717) is 6.61 Å². The first-order valence-electron chi connectivity index (χ1n) is 4.77. The van der Waals surface area contributed by atoms with Crippen molar-refractivity contribution in [3.63, 3.8) is 0 Å². The predicted octanol–water partition coefficient (Wildman–Crippen LogP) is 3.00. The average molecular weight is 180 g/mol. The molecule has 0 aliphatic carbocycles. The van der Waals surface area contributed by atoms with E-state index in [1.165, 1.54) is 16.7 Å². The van der Waals surface area contributed by atoms with Crippen LogP contribution in [0.25, 0.3) is 0 Å². The van der Waals surface area contributed by atoms with E-state index >= 15 is 0 Å². The van der Waals surface area contributed by atoms with E-state index in [0.717, 1.165) is 6.42 Å². The van der Waals surface area contributed by atoms with Gasteiger partial charge in [0.25, 0.3) is 0 Å². The van der Waals surface area contributed by atoms with Gasteiger partial charge in [-0.25, -0.2) is 0 Å². The molecule has 74 valence electrons. The number of aliphatic hydroxyl groups excluding tert-OH is 1. The molecule has 0 heterocycles. The van der Waals surface area contributed by atoms with Crippen LogP contribution in [0.3, 0.4) is 0 Å². The van der Waals surface area contributed by atoms with E-state index in [4.69, 9.17) is 5.11 Å². The smallest absolute Gasteiger partial charge is 0.0428 e. The fourth-order valence-corrected chi connectivity index (χ4v) is 0.898. The molecule has 1 aromatic carbocycles. The van der Waals surface area contributed by atoms with Crippen LogP contribution in [0.2, 0.25) is 0 Å². The van der Waals surface area contributed by atoms with Crippen LogP contribution in [0.4, 0.5) is 0 Å². The molecule has 0 fully saturated rings. The van der Waals surface area contributed by atoms with Crippen molar-refractivity contribution in [2.24, 2.45) is 0 Å². The molecule has 0 bridgehead atoms. The van der Waals surface area contributed by atoms with E-state index in [9.17, 15) is 0 Å². The molecule has 1 N–H and O–H groups in total. The van der Waals surface area contributed by atoms with Crippen molar-refractivity contribution >= 4 is 0 Å². The Morgan fingerprint density at radius 2 is 1.46 bits per heavy atom. The van der Waals surface area contributed by atoms with Crippen LogP contribution in [0.1, 0.15) is 30.0 Å². The van der Waals surface area contributed by atoms with Gasteiger partial charge in [-0.2, -0.15) is 0 Å². The van der Waals surface area contributed by atoms with Gasteiger partial charge >= 0.3 is 0 Å². The number of rotatable bonds is 1. The first kappa shape index (κ1) is 12.2. The van der Waals surface area contributed by atoms with E-state index in [1.807, 2.05) is 6.92 Å². The van der Waals surface area contributed by atoms with Gasteiger partial charge in [-0.05, 0) is 43.9 Å². The summed E-state index contributed by atoms with van der Waals surface area (Å²) in [5.74, 6) is 0. The molecule has 0 spiro atoms. The normalized spacial score (nSPS) is 9.00. The van der Waals surface area contributed by atoms with Gasteiger partial charge in [-0.15, -0.1) is 0 Å². The minimum Gasteiger partial charge on any atom is -0.396 e. The van der Waals surface area contributed by atoms with Crippen molar-refractivity contribution in [3.05, 3.63) is 34.9 Å². The summed E-state index contributed by atoms with van der Waals surface area (Å²) in [4.78, 5) is 0. The average Bonchev–Trinajstić information content (AvgIpc) is 2.14. The third kappa shape index (κ3) is 4.69. The first-order valence-corrected chi connectivity index (χ1v) is 4.77. The maximum absolute atomic E-state index is 7.88. The molecule has 1 aromatic rings. The van der Waals surface area contributed by atoms with Gasteiger partial charge in [0.2, 0.25) is 0 Å². The van der Waals surface area contributed by atoms with Crippen LogP contribution in [-0.2, 0) is 0 Å². The van der Waals surface area contributed by atoms with Crippen molar-refractivity contribution in [3.8, 4) is 0 Å². The van der Waals surface area contributed by atoms with E-state index in [-0.39, 0.29) is 0 Å². The lowest BCUT2D eigenvalue weighted by Crippen LogP contribution is -1.82. The molecule has 0 unspecified atom stereocenters. The number of aryl methyl sites for hydroxylation is 2. The van der Waals surface area contributed by atoms with Gasteiger partial charge in [0.1, 0.15) is 0 Å². The molecule has 13 heavy (non-hydrogen) atoms. The lowest BCUT2D eigenvalue weighted by molar-refractivity contribution is 0.295. The third-order valence-electron chi connectivity index (χ3n) is 2.10. The highest BCUT2D eigenvalue weighted by molar-refractivity contribution is 5.31. The van der Waals surface area contributed by atoms with Crippen LogP contribution < -0.4 is 0 Å². The highest BCUT2D eigenvalue weighted by atomic mass is 16.2. The number of hydrogen-bond donors (Lipinski definition) is 1. The van der Waals surface area contributed by atoms with E-state index in [2.05, 4.69) is 39.0 Å². The van der Waals surface area contributed by atoms with Crippen molar-refractivity contribution < 1.29 is 5.11 Å². The fourth-order valence-electron chi connectivity index (χ4n) is 0.898. The monoisotopic (exact) mass is 180 g/mol. The van der Waals surface area contributed by atoms with Crippen LogP contribution in [0.15, 0.2) is 18.2 Å². The quantitative estimate of drug-likeness (QED) is 0.704. The Morgan fingerprint density at radius 1 is 1.08 bits per heavy atom. The summed E-state index contributed by atoms with van der Waals surface area (Å²) in [6, 6.07) is 6.38. The second kappa shape index (κ2) is 6.67. The van der Waals surface area contributed by atoms with Gasteiger partial charge < -0.3 is 5.11 Å². The second-order valence-corrected chi connectivity index (χ2v) is 3.24. The van der Waals surface area contributed by atoms with Crippen LogP contribution >= 0.6 is 0 Å². The van der Waals surface area contributed by atoms with Gasteiger partial charge in [0, 0.05) is 6.61 Å². The Balaban J connectivity index is 0.000000310. The van der Waals surface area contributed by atoms with E-state index in [1.54, 1.807) is 0 Å². The number of benzene rings is 1. The van der Waals surface area contributed by atoms with Crippen molar-refractivity contribution in [1.29, 1.82) is 0 Å². The number of hydrogen-bond acceptors (Lipinski definition) is 1. The Kier molecular flexibility index (Phi) is 6.25. The van der Waals surface area contributed by atoms with Gasteiger partial charge in [0.15, 0.2) is 0 Å². The molecule has 1 heteroatoms. The summed E-state index contributed by atoms with van der Waals surface area (Å²) >= 11 is 0. The molecule has 0 aliphatic heterocycles. The van der Waals surface area contributed by atoms with Crippen molar-refractivity contribution in [2.75, 3.05) is 6.61 Å². The molecule has 0 saturated heterocycles. The maximum atomic E-state index is 7.88. The van der Waals surface area contributed by atoms with Gasteiger partial charge in [0.05, 0.1) is 0 Å². The molecule has 1 nitrogen and oxygen atoms in total. The summed E-state index contributed by atoms with van der Waals surface area (Å²) in [6.07, 6.45) is 0.875. The minimum absolute atomic E-state index is 0.319. The molecule has 0 aromatic heterocycles. The Labute approximate surface area is 81.4 Å². The SMILES string of the molecule is CCCO.Cc1cccc(C)c1C. The summed E-state index contributed by atoms with van der Waals surface area (Å²) in [7, 11) is 0. The largest absolute Gasteiger partial charge is 0.396 e. The van der Waals surface area contributed by atoms with Crippen molar-refractivity contribution in [2.45, 2.75) is 34.1 Å². The molecule has 0 amide bonds. The fraction of sp³-hybridized carbons (Fsp3) is 0.500. The van der Waals surface area contributed by atoms with Crippen molar-refractivity contribution in [1.82, 2.24) is 0 Å². The van der Waals surface area contributed by atoms with Crippen LogP contribution in [0, 0.1) is 20.8 Å². The Bertz CT molecular complexity index is 219.